The molecule has 1 unspecified atom stereocenters. The number of sulfonamides is 1. The molecule has 0 spiro atoms. The second-order valence-electron chi connectivity index (χ2n) is 7.85. The van der Waals surface area contributed by atoms with Gasteiger partial charge in [-0.15, -0.1) is 5.10 Å². The molecule has 10 heteroatoms. The summed E-state index contributed by atoms with van der Waals surface area (Å²) in [7, 11) is -1.58. The Kier molecular flexibility index (Phi) is 6.06. The van der Waals surface area contributed by atoms with Crippen molar-refractivity contribution >= 4 is 15.9 Å². The number of hydrogen-bond acceptors (Lipinski definition) is 6. The summed E-state index contributed by atoms with van der Waals surface area (Å²) in [5.74, 6) is 0.721. The van der Waals surface area contributed by atoms with Crippen molar-refractivity contribution in [1.29, 1.82) is 0 Å². The molecular formula is C16H30N6O3S. The van der Waals surface area contributed by atoms with E-state index in [-0.39, 0.29) is 23.1 Å². The topological polar surface area (TPSA) is 101 Å². The van der Waals surface area contributed by atoms with Crippen molar-refractivity contribution < 1.29 is 13.2 Å². The molecule has 0 bridgehead atoms. The van der Waals surface area contributed by atoms with Gasteiger partial charge in [-0.05, 0) is 37.1 Å². The maximum Gasteiger partial charge on any atom is 0.247 e. The van der Waals surface area contributed by atoms with E-state index in [1.54, 1.807) is 30.5 Å². The van der Waals surface area contributed by atoms with E-state index in [1.165, 1.54) is 4.31 Å². The lowest BCUT2D eigenvalue weighted by molar-refractivity contribution is -0.136. The predicted molar refractivity (Wildman–Crippen MR) is 98.1 cm³/mol. The molecule has 2 heterocycles. The molecule has 1 fully saturated rings. The SMILES string of the molecule is CCS(=O)(=O)N(C)C1CCN(C(=O)C(C)n2nnnc2C(C)(C)C)CC1. The van der Waals surface area contributed by atoms with Gasteiger partial charge in [0.05, 0.1) is 5.75 Å². The van der Waals surface area contributed by atoms with Crippen LogP contribution in [0.25, 0.3) is 0 Å². The van der Waals surface area contributed by atoms with Gasteiger partial charge in [-0.3, -0.25) is 4.79 Å². The Morgan fingerprint density at radius 3 is 2.38 bits per heavy atom. The van der Waals surface area contributed by atoms with E-state index in [2.05, 4.69) is 15.5 Å². The lowest BCUT2D eigenvalue weighted by Crippen LogP contribution is -2.49. The van der Waals surface area contributed by atoms with E-state index in [0.717, 1.165) is 0 Å². The molecule has 148 valence electrons. The zero-order valence-electron chi connectivity index (χ0n) is 16.5. The Bertz CT molecular complexity index is 731. The van der Waals surface area contributed by atoms with Gasteiger partial charge >= 0.3 is 0 Å². The summed E-state index contributed by atoms with van der Waals surface area (Å²) in [6.07, 6.45) is 1.27. The second kappa shape index (κ2) is 7.59. The zero-order chi connectivity index (χ0) is 19.7. The highest BCUT2D eigenvalue weighted by Gasteiger charge is 2.34. The van der Waals surface area contributed by atoms with Gasteiger partial charge in [0.2, 0.25) is 15.9 Å². The number of tetrazole rings is 1. The van der Waals surface area contributed by atoms with Crippen molar-refractivity contribution in [3.63, 3.8) is 0 Å². The Hall–Kier alpha value is -1.55. The fourth-order valence-electron chi connectivity index (χ4n) is 3.20. The van der Waals surface area contributed by atoms with E-state index in [4.69, 9.17) is 0 Å². The Morgan fingerprint density at radius 1 is 1.31 bits per heavy atom. The van der Waals surface area contributed by atoms with Crippen LogP contribution in [0.3, 0.4) is 0 Å². The minimum Gasteiger partial charge on any atom is -0.341 e. The quantitative estimate of drug-likeness (QED) is 0.742. The summed E-state index contributed by atoms with van der Waals surface area (Å²) in [5.41, 5.74) is -0.262. The van der Waals surface area contributed by atoms with Crippen molar-refractivity contribution in [3.8, 4) is 0 Å². The standard InChI is InChI=1S/C16H30N6O3S/c1-7-26(24,25)20(6)13-8-10-21(11-9-13)14(23)12(2)22-15(16(3,4)5)17-18-19-22/h12-13H,7-11H2,1-6H3. The molecule has 1 aliphatic rings. The number of piperidine rings is 1. The van der Waals surface area contributed by atoms with Crippen molar-refractivity contribution in [2.24, 2.45) is 0 Å². The van der Waals surface area contributed by atoms with Crippen LogP contribution < -0.4 is 0 Å². The number of nitrogens with zero attached hydrogens (tertiary/aromatic N) is 6. The lowest BCUT2D eigenvalue weighted by atomic mass is 9.95. The van der Waals surface area contributed by atoms with Crippen LogP contribution in [-0.4, -0.2) is 75.7 Å². The third-order valence-electron chi connectivity index (χ3n) is 4.98. The molecule has 26 heavy (non-hydrogen) atoms. The smallest absolute Gasteiger partial charge is 0.247 e. The summed E-state index contributed by atoms with van der Waals surface area (Å²) in [5, 5.41) is 11.8. The van der Waals surface area contributed by atoms with E-state index >= 15 is 0 Å². The summed E-state index contributed by atoms with van der Waals surface area (Å²) in [4.78, 5) is 14.7. The van der Waals surface area contributed by atoms with Gasteiger partial charge in [-0.2, -0.15) is 0 Å². The molecule has 1 saturated heterocycles. The molecule has 1 aromatic heterocycles. The van der Waals surface area contributed by atoms with E-state index in [0.29, 0.717) is 31.8 Å². The van der Waals surface area contributed by atoms with E-state index < -0.39 is 16.1 Å². The number of hydrogen-bond donors (Lipinski definition) is 0. The van der Waals surface area contributed by atoms with Gasteiger partial charge in [0.1, 0.15) is 6.04 Å². The Labute approximate surface area is 155 Å². The second-order valence-corrected chi connectivity index (χ2v) is 10.2. The van der Waals surface area contributed by atoms with Crippen LogP contribution in [0, 0.1) is 0 Å². The molecular weight excluding hydrogens is 356 g/mol. The molecule has 1 aromatic rings. The molecule has 1 atom stereocenters. The highest BCUT2D eigenvalue weighted by Crippen LogP contribution is 2.24. The first-order valence-corrected chi connectivity index (χ1v) is 10.6. The highest BCUT2D eigenvalue weighted by molar-refractivity contribution is 7.89. The normalized spacial score (nSPS) is 18.3. The molecule has 1 amide bonds. The molecule has 0 aliphatic carbocycles. The van der Waals surface area contributed by atoms with Crippen molar-refractivity contribution in [2.45, 2.75) is 65.0 Å². The van der Waals surface area contributed by atoms with Crippen molar-refractivity contribution in [3.05, 3.63) is 5.82 Å². The summed E-state index contributed by atoms with van der Waals surface area (Å²) >= 11 is 0. The minimum atomic E-state index is -3.21. The van der Waals surface area contributed by atoms with Gasteiger partial charge in [-0.25, -0.2) is 17.4 Å². The van der Waals surface area contributed by atoms with E-state index in [1.807, 2.05) is 20.8 Å². The number of rotatable bonds is 5. The van der Waals surface area contributed by atoms with Crippen LogP contribution in [0.4, 0.5) is 0 Å². The zero-order valence-corrected chi connectivity index (χ0v) is 17.3. The van der Waals surface area contributed by atoms with Crippen LogP contribution in [-0.2, 0) is 20.2 Å². The number of likely N-dealkylation sites (tertiary alicyclic amines) is 1. The van der Waals surface area contributed by atoms with Crippen LogP contribution >= 0.6 is 0 Å². The highest BCUT2D eigenvalue weighted by atomic mass is 32.2. The first-order valence-electron chi connectivity index (χ1n) is 9.02. The van der Waals surface area contributed by atoms with Crippen LogP contribution in [0.5, 0.6) is 0 Å². The lowest BCUT2D eigenvalue weighted by Gasteiger charge is -2.37. The average molecular weight is 387 g/mol. The number of aromatic nitrogens is 4. The number of carbonyl (C=O) groups excluding carboxylic acids is 1. The molecule has 0 radical (unpaired) electrons. The third kappa shape index (κ3) is 4.22. The number of amides is 1. The van der Waals surface area contributed by atoms with Crippen LogP contribution in [0.1, 0.15) is 59.3 Å². The molecule has 0 N–H and O–H groups in total. The third-order valence-corrected chi connectivity index (χ3v) is 6.89. The van der Waals surface area contributed by atoms with Crippen LogP contribution in [0.2, 0.25) is 0 Å². The maximum atomic E-state index is 12.9. The van der Waals surface area contributed by atoms with E-state index in [9.17, 15) is 13.2 Å². The number of carbonyl (C=O) groups is 1. The van der Waals surface area contributed by atoms with Crippen molar-refractivity contribution in [1.82, 2.24) is 29.4 Å². The molecule has 0 aromatic carbocycles. The first kappa shape index (κ1) is 20.8. The molecule has 1 aliphatic heterocycles. The fourth-order valence-corrected chi connectivity index (χ4v) is 4.27. The summed E-state index contributed by atoms with van der Waals surface area (Å²) in [6, 6.07) is -0.551. The summed E-state index contributed by atoms with van der Waals surface area (Å²) < 4.78 is 27.1. The first-order chi connectivity index (χ1) is 12.0. The molecule has 9 nitrogen and oxygen atoms in total. The monoisotopic (exact) mass is 386 g/mol. The summed E-state index contributed by atoms with van der Waals surface area (Å²) in [6.45, 7) is 10.5. The molecule has 2 rings (SSSR count). The average Bonchev–Trinajstić information content (AvgIpc) is 3.10. The van der Waals surface area contributed by atoms with Crippen LogP contribution in [0.15, 0.2) is 0 Å². The van der Waals surface area contributed by atoms with Crippen molar-refractivity contribution in [2.75, 3.05) is 25.9 Å². The minimum absolute atomic E-state index is 0.0396. The van der Waals surface area contributed by atoms with Gasteiger partial charge in [0, 0.05) is 31.6 Å². The Balaban J connectivity index is 2.04. The largest absolute Gasteiger partial charge is 0.341 e. The maximum absolute atomic E-state index is 12.9. The van der Waals surface area contributed by atoms with Gasteiger partial charge in [0.25, 0.3) is 0 Å². The fraction of sp³-hybridized carbons (Fsp3) is 0.875. The van der Waals surface area contributed by atoms with Gasteiger partial charge in [-0.1, -0.05) is 20.8 Å². The molecule has 0 saturated carbocycles. The predicted octanol–water partition coefficient (Wildman–Crippen LogP) is 0.804. The Morgan fingerprint density at radius 2 is 1.88 bits per heavy atom. The van der Waals surface area contributed by atoms with Gasteiger partial charge < -0.3 is 4.90 Å². The van der Waals surface area contributed by atoms with Gasteiger partial charge in [0.15, 0.2) is 5.82 Å².